The Morgan fingerprint density at radius 2 is 1.88 bits per heavy atom. The maximum absolute atomic E-state index is 13.8. The van der Waals surface area contributed by atoms with Gasteiger partial charge in [-0.3, -0.25) is 4.90 Å². The third-order valence-corrected chi connectivity index (χ3v) is 7.73. The van der Waals surface area contributed by atoms with Crippen LogP contribution < -0.4 is 0 Å². The second-order valence-corrected chi connectivity index (χ2v) is 8.80. The van der Waals surface area contributed by atoms with E-state index in [9.17, 15) is 17.6 Å². The lowest BCUT2D eigenvalue weighted by molar-refractivity contribution is -0.143. The number of nitrogens with zero attached hydrogens (tertiary/aromatic N) is 2. The summed E-state index contributed by atoms with van der Waals surface area (Å²) in [4.78, 5) is 5.96. The van der Waals surface area contributed by atoms with Gasteiger partial charge in [0.05, 0.1) is 0 Å². The maximum Gasteiger partial charge on any atom is 0.436 e. The molecule has 1 aromatic rings. The van der Waals surface area contributed by atoms with E-state index in [4.69, 9.17) is 0 Å². The molecule has 0 amide bonds. The summed E-state index contributed by atoms with van der Waals surface area (Å²) in [7, 11) is 0. The number of thioether (sulfide) groups is 1. The van der Waals surface area contributed by atoms with E-state index in [1.54, 1.807) is 0 Å². The smallest absolute Gasteiger partial charge is 0.300 e. The molecule has 7 heteroatoms. The standard InChI is InChI=1S/C18H22F4N2S/c19-15-7-13(8-23-16(15)18(20,21)22)12-1-3-14(4-2-12)24-6-5-17(9-24)10-25-11-17/h7-8,12,14H,1-6,9-11H2. The molecule has 0 atom stereocenters. The number of pyridine rings is 1. The van der Waals surface area contributed by atoms with Gasteiger partial charge in [0.15, 0.2) is 11.5 Å². The third kappa shape index (κ3) is 3.42. The molecule has 0 N–H and O–H groups in total. The highest BCUT2D eigenvalue weighted by Crippen LogP contribution is 2.47. The fraction of sp³-hybridized carbons (Fsp3) is 0.722. The number of rotatable bonds is 2. The van der Waals surface area contributed by atoms with Crippen molar-refractivity contribution in [1.82, 2.24) is 9.88 Å². The Balaban J connectivity index is 1.36. The van der Waals surface area contributed by atoms with Crippen LogP contribution in [0.15, 0.2) is 12.3 Å². The van der Waals surface area contributed by atoms with Crippen molar-refractivity contribution in [2.24, 2.45) is 5.41 Å². The third-order valence-electron chi connectivity index (χ3n) is 6.10. The molecule has 138 valence electrons. The number of hydrogen-bond acceptors (Lipinski definition) is 3. The van der Waals surface area contributed by atoms with Crippen LogP contribution in [-0.4, -0.2) is 40.5 Å². The molecule has 0 aromatic carbocycles. The summed E-state index contributed by atoms with van der Waals surface area (Å²) in [5.74, 6) is 1.44. The Labute approximate surface area is 149 Å². The van der Waals surface area contributed by atoms with E-state index in [-0.39, 0.29) is 5.92 Å². The predicted octanol–water partition coefficient (Wildman–Crippen LogP) is 4.70. The molecule has 25 heavy (non-hydrogen) atoms. The highest BCUT2D eigenvalue weighted by molar-refractivity contribution is 8.00. The fourth-order valence-corrected chi connectivity index (χ4v) is 5.82. The molecule has 0 unspecified atom stereocenters. The van der Waals surface area contributed by atoms with E-state index in [0.717, 1.165) is 31.7 Å². The second-order valence-electron chi connectivity index (χ2n) is 7.82. The number of alkyl halides is 3. The van der Waals surface area contributed by atoms with E-state index in [2.05, 4.69) is 9.88 Å². The summed E-state index contributed by atoms with van der Waals surface area (Å²) in [6, 6.07) is 1.62. The van der Waals surface area contributed by atoms with Crippen molar-refractivity contribution in [3.63, 3.8) is 0 Å². The lowest BCUT2D eigenvalue weighted by Crippen LogP contribution is -2.42. The van der Waals surface area contributed by atoms with Gasteiger partial charge in [-0.25, -0.2) is 9.37 Å². The first-order valence-electron chi connectivity index (χ1n) is 8.91. The fourth-order valence-electron chi connectivity index (χ4n) is 4.57. The monoisotopic (exact) mass is 374 g/mol. The first-order chi connectivity index (χ1) is 11.9. The first kappa shape index (κ1) is 17.6. The highest BCUT2D eigenvalue weighted by Gasteiger charge is 2.45. The van der Waals surface area contributed by atoms with Gasteiger partial charge >= 0.3 is 6.18 Å². The molecular weight excluding hydrogens is 352 g/mol. The lowest BCUT2D eigenvalue weighted by atomic mass is 9.81. The van der Waals surface area contributed by atoms with Gasteiger partial charge in [-0.2, -0.15) is 24.9 Å². The summed E-state index contributed by atoms with van der Waals surface area (Å²) in [6.45, 7) is 2.37. The normalized spacial score (nSPS) is 29.8. The van der Waals surface area contributed by atoms with E-state index in [1.165, 1.54) is 37.2 Å². The van der Waals surface area contributed by atoms with Crippen molar-refractivity contribution in [2.45, 2.75) is 50.2 Å². The van der Waals surface area contributed by atoms with Crippen LogP contribution in [0.1, 0.15) is 49.3 Å². The van der Waals surface area contributed by atoms with Gasteiger partial charge in [-0.15, -0.1) is 0 Å². The Hall–Kier alpha value is -0.820. The van der Waals surface area contributed by atoms with Gasteiger partial charge in [0.1, 0.15) is 0 Å². The van der Waals surface area contributed by atoms with Crippen LogP contribution in [0.25, 0.3) is 0 Å². The number of hydrogen-bond donors (Lipinski definition) is 0. The van der Waals surface area contributed by atoms with Crippen molar-refractivity contribution >= 4 is 11.8 Å². The number of halogens is 4. The summed E-state index contributed by atoms with van der Waals surface area (Å²) in [6.07, 6.45) is 1.66. The quantitative estimate of drug-likeness (QED) is 0.698. The van der Waals surface area contributed by atoms with E-state index < -0.39 is 17.7 Å². The van der Waals surface area contributed by atoms with Crippen LogP contribution in [0, 0.1) is 11.2 Å². The van der Waals surface area contributed by atoms with Crippen molar-refractivity contribution in [3.05, 3.63) is 29.3 Å². The Morgan fingerprint density at radius 3 is 2.40 bits per heavy atom. The van der Waals surface area contributed by atoms with E-state index >= 15 is 0 Å². The van der Waals surface area contributed by atoms with Crippen LogP contribution in [-0.2, 0) is 6.18 Å². The largest absolute Gasteiger partial charge is 0.436 e. The minimum absolute atomic E-state index is 0.122. The molecule has 2 saturated heterocycles. The van der Waals surface area contributed by atoms with Crippen molar-refractivity contribution in [2.75, 3.05) is 24.6 Å². The molecule has 0 radical (unpaired) electrons. The number of aromatic nitrogens is 1. The first-order valence-corrected chi connectivity index (χ1v) is 10.1. The summed E-state index contributed by atoms with van der Waals surface area (Å²) >= 11 is 2.03. The Kier molecular flexibility index (Phi) is 4.51. The summed E-state index contributed by atoms with van der Waals surface area (Å²) < 4.78 is 51.7. The minimum Gasteiger partial charge on any atom is -0.300 e. The van der Waals surface area contributed by atoms with Gasteiger partial charge in [-0.1, -0.05) is 0 Å². The zero-order chi connectivity index (χ0) is 17.7. The molecule has 4 rings (SSSR count). The zero-order valence-corrected chi connectivity index (χ0v) is 14.8. The van der Waals surface area contributed by atoms with Crippen LogP contribution in [0.5, 0.6) is 0 Å². The molecule has 1 aliphatic carbocycles. The van der Waals surface area contributed by atoms with Crippen LogP contribution in [0.3, 0.4) is 0 Å². The van der Waals surface area contributed by atoms with E-state index in [1.807, 2.05) is 11.8 Å². The van der Waals surface area contributed by atoms with Gasteiger partial charge in [0.2, 0.25) is 0 Å². The topological polar surface area (TPSA) is 16.1 Å². The molecule has 3 fully saturated rings. The van der Waals surface area contributed by atoms with Gasteiger partial charge < -0.3 is 0 Å². The van der Waals surface area contributed by atoms with Crippen molar-refractivity contribution < 1.29 is 17.6 Å². The molecule has 3 aliphatic rings. The van der Waals surface area contributed by atoms with Crippen molar-refractivity contribution in [1.29, 1.82) is 0 Å². The maximum atomic E-state index is 13.8. The molecule has 2 aliphatic heterocycles. The molecule has 3 heterocycles. The highest BCUT2D eigenvalue weighted by atomic mass is 32.2. The predicted molar refractivity (Wildman–Crippen MR) is 90.1 cm³/mol. The van der Waals surface area contributed by atoms with Gasteiger partial charge in [0, 0.05) is 35.7 Å². The average molecular weight is 374 g/mol. The summed E-state index contributed by atoms with van der Waals surface area (Å²) in [5, 5.41) is 0. The number of likely N-dealkylation sites (tertiary alicyclic amines) is 1. The van der Waals surface area contributed by atoms with Gasteiger partial charge in [0.25, 0.3) is 0 Å². The zero-order valence-electron chi connectivity index (χ0n) is 14.0. The molecule has 1 aromatic heterocycles. The van der Waals surface area contributed by atoms with E-state index in [0.29, 0.717) is 17.0 Å². The lowest BCUT2D eigenvalue weighted by Gasteiger charge is -2.40. The van der Waals surface area contributed by atoms with Crippen LogP contribution in [0.4, 0.5) is 17.6 Å². The Bertz CT molecular complexity index is 636. The van der Waals surface area contributed by atoms with Crippen molar-refractivity contribution in [3.8, 4) is 0 Å². The summed E-state index contributed by atoms with van der Waals surface area (Å²) in [5.41, 5.74) is -0.245. The minimum atomic E-state index is -4.73. The molecule has 1 saturated carbocycles. The second kappa shape index (κ2) is 6.41. The molecule has 2 nitrogen and oxygen atoms in total. The average Bonchev–Trinajstić information content (AvgIpc) is 3.00. The van der Waals surface area contributed by atoms with Crippen LogP contribution in [0.2, 0.25) is 0 Å². The Morgan fingerprint density at radius 1 is 1.16 bits per heavy atom. The van der Waals surface area contributed by atoms with Crippen LogP contribution >= 0.6 is 11.8 Å². The molecule has 1 spiro atoms. The van der Waals surface area contributed by atoms with Gasteiger partial charge in [-0.05, 0) is 56.2 Å². The molecular formula is C18H22F4N2S. The molecule has 0 bridgehead atoms. The SMILES string of the molecule is Fc1cc(C2CCC(N3CCC4(CSC4)C3)CC2)cnc1C(F)(F)F.